The molecular formula is C21H20ClN7S. The number of anilines is 3. The maximum absolute atomic E-state index is 6.15. The van der Waals surface area contributed by atoms with E-state index in [0.717, 1.165) is 22.4 Å². The average molecular weight is 438 g/mol. The molecule has 0 amide bonds. The molecule has 0 unspecified atom stereocenters. The van der Waals surface area contributed by atoms with E-state index in [1.54, 1.807) is 12.3 Å². The number of azo groups is 1. The molecule has 2 heterocycles. The van der Waals surface area contributed by atoms with Crippen LogP contribution in [0.3, 0.4) is 0 Å². The van der Waals surface area contributed by atoms with Gasteiger partial charge in [-0.2, -0.15) is 5.10 Å². The summed E-state index contributed by atoms with van der Waals surface area (Å²) in [6, 6.07) is 17.4. The van der Waals surface area contributed by atoms with Gasteiger partial charge in [0.15, 0.2) is 5.82 Å². The lowest BCUT2D eigenvalue weighted by Crippen LogP contribution is -2.07. The van der Waals surface area contributed by atoms with E-state index in [1.165, 1.54) is 0 Å². The average Bonchev–Trinajstić information content (AvgIpc) is 3.34. The smallest absolute Gasteiger partial charge is 0.218 e. The Hall–Kier alpha value is -3.23. The second-order valence-electron chi connectivity index (χ2n) is 6.88. The zero-order valence-corrected chi connectivity index (χ0v) is 18.0. The predicted octanol–water partition coefficient (Wildman–Crippen LogP) is 6.82. The number of nitrogens with one attached hydrogen (secondary N) is 3. The van der Waals surface area contributed by atoms with Crippen molar-refractivity contribution in [3.05, 3.63) is 65.8 Å². The molecule has 0 fully saturated rings. The summed E-state index contributed by atoms with van der Waals surface area (Å²) in [6.07, 6.45) is 1.77. The van der Waals surface area contributed by atoms with Crippen LogP contribution in [-0.4, -0.2) is 19.9 Å². The molecule has 3 N–H and O–H groups in total. The quantitative estimate of drug-likeness (QED) is 0.236. The van der Waals surface area contributed by atoms with Gasteiger partial charge in [0.05, 0.1) is 16.9 Å². The Kier molecular flexibility index (Phi) is 5.78. The van der Waals surface area contributed by atoms with Crippen molar-refractivity contribution in [2.45, 2.75) is 19.9 Å². The summed E-state index contributed by atoms with van der Waals surface area (Å²) in [5.41, 5.74) is 0.684. The van der Waals surface area contributed by atoms with Crippen LogP contribution in [0.2, 0.25) is 5.02 Å². The summed E-state index contributed by atoms with van der Waals surface area (Å²) in [5.74, 6) is 2.30. The van der Waals surface area contributed by atoms with Gasteiger partial charge >= 0.3 is 0 Å². The van der Waals surface area contributed by atoms with Crippen LogP contribution < -0.4 is 10.6 Å². The van der Waals surface area contributed by atoms with Crippen LogP contribution in [0, 0.1) is 0 Å². The molecular weight excluding hydrogens is 418 g/mol. The Morgan fingerprint density at radius 1 is 1.10 bits per heavy atom. The lowest BCUT2D eigenvalue weighted by Gasteiger charge is -2.11. The number of nitrogens with zero attached hydrogens (tertiary/aromatic N) is 4. The van der Waals surface area contributed by atoms with Crippen molar-refractivity contribution in [2.24, 2.45) is 10.2 Å². The van der Waals surface area contributed by atoms with E-state index in [9.17, 15) is 0 Å². The number of aromatic nitrogens is 3. The van der Waals surface area contributed by atoms with Crippen LogP contribution in [0.1, 0.15) is 19.9 Å². The second-order valence-corrected chi connectivity index (χ2v) is 7.68. The standard InChI is InChI=1S/C21H20ClN7S/c1-13(2)29-18(11-12-23-29)25-19-14-7-3-4-8-15(14)20(26-19)27-28-21(30)24-17-10-6-5-9-16(17)22/h3-13,25-26H,1-2H3,(H,24,30). The molecule has 0 saturated carbocycles. The molecule has 0 radical (unpaired) electrons. The molecule has 0 aliphatic rings. The Balaban J connectivity index is 1.60. The Labute approximate surface area is 184 Å². The summed E-state index contributed by atoms with van der Waals surface area (Å²) < 4.78 is 1.92. The minimum atomic E-state index is 0.217. The predicted molar refractivity (Wildman–Crippen MR) is 126 cm³/mol. The van der Waals surface area contributed by atoms with Crippen molar-refractivity contribution >= 4 is 62.8 Å². The van der Waals surface area contributed by atoms with Crippen LogP contribution in [0.15, 0.2) is 71.0 Å². The molecule has 0 aliphatic carbocycles. The molecule has 0 saturated heterocycles. The van der Waals surface area contributed by atoms with Crippen LogP contribution in [0.5, 0.6) is 0 Å². The molecule has 0 bridgehead atoms. The van der Waals surface area contributed by atoms with Gasteiger partial charge in [0.25, 0.3) is 0 Å². The van der Waals surface area contributed by atoms with Crippen LogP contribution >= 0.6 is 23.8 Å². The van der Waals surface area contributed by atoms with Gasteiger partial charge in [0, 0.05) is 22.9 Å². The van der Waals surface area contributed by atoms with E-state index in [4.69, 9.17) is 23.8 Å². The number of hydrogen-bond donors (Lipinski definition) is 3. The maximum Gasteiger partial charge on any atom is 0.218 e. The van der Waals surface area contributed by atoms with Crippen molar-refractivity contribution in [3.8, 4) is 0 Å². The molecule has 4 rings (SSSR count). The fourth-order valence-corrected chi connectivity index (χ4v) is 3.42. The first-order chi connectivity index (χ1) is 14.5. The number of para-hydroxylation sites is 1. The zero-order valence-electron chi connectivity index (χ0n) is 16.4. The molecule has 30 heavy (non-hydrogen) atoms. The number of aromatic amines is 1. The highest BCUT2D eigenvalue weighted by molar-refractivity contribution is 7.80. The Morgan fingerprint density at radius 3 is 2.60 bits per heavy atom. The highest BCUT2D eigenvalue weighted by Crippen LogP contribution is 2.34. The summed E-state index contributed by atoms with van der Waals surface area (Å²) in [4.78, 5) is 3.30. The molecule has 0 atom stereocenters. The molecule has 2 aromatic carbocycles. The minimum absolute atomic E-state index is 0.217. The van der Waals surface area contributed by atoms with Gasteiger partial charge in [-0.3, -0.25) is 0 Å². The van der Waals surface area contributed by atoms with Gasteiger partial charge in [0.2, 0.25) is 5.11 Å². The molecule has 4 aromatic rings. The van der Waals surface area contributed by atoms with Crippen LogP contribution in [-0.2, 0) is 0 Å². The van der Waals surface area contributed by atoms with Gasteiger partial charge < -0.3 is 15.6 Å². The first kappa shape index (κ1) is 20.1. The van der Waals surface area contributed by atoms with E-state index in [1.807, 2.05) is 53.2 Å². The number of benzene rings is 2. The lowest BCUT2D eigenvalue weighted by atomic mass is 10.2. The zero-order chi connectivity index (χ0) is 21.1. The van der Waals surface area contributed by atoms with E-state index in [2.05, 4.69) is 44.8 Å². The van der Waals surface area contributed by atoms with Crippen molar-refractivity contribution in [1.29, 1.82) is 0 Å². The first-order valence-corrected chi connectivity index (χ1v) is 10.2. The number of hydrogen-bond acceptors (Lipinski definition) is 4. The van der Waals surface area contributed by atoms with E-state index < -0.39 is 0 Å². The summed E-state index contributed by atoms with van der Waals surface area (Å²) in [5, 5.41) is 21.9. The van der Waals surface area contributed by atoms with Gasteiger partial charge in [-0.25, -0.2) is 4.68 Å². The highest BCUT2D eigenvalue weighted by Gasteiger charge is 2.13. The number of H-pyrrole nitrogens is 1. The number of fused-ring (bicyclic) bond motifs is 1. The summed E-state index contributed by atoms with van der Waals surface area (Å²) in [7, 11) is 0. The second kappa shape index (κ2) is 8.64. The van der Waals surface area contributed by atoms with Gasteiger partial charge in [-0.05, 0) is 38.2 Å². The maximum atomic E-state index is 6.15. The third-order valence-corrected chi connectivity index (χ3v) is 4.98. The molecule has 7 nitrogen and oxygen atoms in total. The SMILES string of the molecule is CC(C)n1nccc1Nc1[nH]c(N=NC(=S)Nc2ccccc2Cl)c2ccccc12. The van der Waals surface area contributed by atoms with Crippen molar-refractivity contribution in [1.82, 2.24) is 14.8 Å². The number of halogens is 1. The molecule has 2 aromatic heterocycles. The van der Waals surface area contributed by atoms with Crippen molar-refractivity contribution in [3.63, 3.8) is 0 Å². The molecule has 0 aliphatic heterocycles. The minimum Gasteiger partial charge on any atom is -0.328 e. The molecule has 0 spiro atoms. The fraction of sp³-hybridized carbons (Fsp3) is 0.143. The Bertz CT molecular complexity index is 1230. The molecule has 9 heteroatoms. The number of thiocarbonyl (C=S) groups is 1. The third kappa shape index (κ3) is 4.19. The van der Waals surface area contributed by atoms with Crippen molar-refractivity contribution < 1.29 is 0 Å². The van der Waals surface area contributed by atoms with Crippen LogP contribution in [0.25, 0.3) is 10.8 Å². The topological polar surface area (TPSA) is 82.4 Å². The lowest BCUT2D eigenvalue weighted by molar-refractivity contribution is 0.540. The normalized spacial score (nSPS) is 11.5. The van der Waals surface area contributed by atoms with Crippen LogP contribution in [0.4, 0.5) is 23.1 Å². The summed E-state index contributed by atoms with van der Waals surface area (Å²) >= 11 is 11.4. The first-order valence-electron chi connectivity index (χ1n) is 9.41. The van der Waals surface area contributed by atoms with Gasteiger partial charge in [-0.1, -0.05) is 48.0 Å². The van der Waals surface area contributed by atoms with E-state index >= 15 is 0 Å². The van der Waals surface area contributed by atoms with E-state index in [0.29, 0.717) is 16.5 Å². The van der Waals surface area contributed by atoms with Crippen molar-refractivity contribution in [2.75, 3.05) is 10.6 Å². The fourth-order valence-electron chi connectivity index (χ4n) is 3.09. The monoisotopic (exact) mass is 437 g/mol. The Morgan fingerprint density at radius 2 is 1.83 bits per heavy atom. The van der Waals surface area contributed by atoms with Gasteiger partial charge in [-0.15, -0.1) is 10.2 Å². The number of rotatable bonds is 5. The largest absolute Gasteiger partial charge is 0.328 e. The summed E-state index contributed by atoms with van der Waals surface area (Å²) in [6.45, 7) is 4.16. The highest BCUT2D eigenvalue weighted by atomic mass is 35.5. The van der Waals surface area contributed by atoms with Gasteiger partial charge in [0.1, 0.15) is 11.6 Å². The van der Waals surface area contributed by atoms with E-state index in [-0.39, 0.29) is 11.2 Å². The molecule has 152 valence electrons. The third-order valence-electron chi connectivity index (χ3n) is 4.46.